The summed E-state index contributed by atoms with van der Waals surface area (Å²) < 4.78 is 14.4. The quantitative estimate of drug-likeness (QED) is 0.851. The highest BCUT2D eigenvalue weighted by atomic mass is 79.9. The number of hydrogen-bond acceptors (Lipinski definition) is 2. The summed E-state index contributed by atoms with van der Waals surface area (Å²) in [5, 5.41) is 0. The minimum Gasteiger partial charge on any atom is -0.369 e. The highest BCUT2D eigenvalue weighted by molar-refractivity contribution is 9.10. The van der Waals surface area contributed by atoms with Crippen LogP contribution in [0.3, 0.4) is 0 Å². The molecule has 1 saturated heterocycles. The molecule has 1 fully saturated rings. The van der Waals surface area contributed by atoms with Gasteiger partial charge in [0, 0.05) is 23.6 Å². The Morgan fingerprint density at radius 2 is 2.00 bits per heavy atom. The van der Waals surface area contributed by atoms with Crippen molar-refractivity contribution in [2.24, 2.45) is 5.73 Å². The van der Waals surface area contributed by atoms with Gasteiger partial charge in [0.1, 0.15) is 5.82 Å². The molecule has 4 heteroatoms. The number of nitrogens with zero attached hydrogens (tertiary/aromatic N) is 1. The highest BCUT2D eigenvalue weighted by Gasteiger charge is 2.18. The Morgan fingerprint density at radius 1 is 1.33 bits per heavy atom. The van der Waals surface area contributed by atoms with Crippen LogP contribution in [0.5, 0.6) is 0 Å². The van der Waals surface area contributed by atoms with Gasteiger partial charge in [-0.15, -0.1) is 0 Å². The first-order chi connectivity index (χ1) is 7.16. The summed E-state index contributed by atoms with van der Waals surface area (Å²) in [5.41, 5.74) is 6.49. The van der Waals surface area contributed by atoms with Crippen molar-refractivity contribution in [3.05, 3.63) is 28.5 Å². The van der Waals surface area contributed by atoms with Crippen LogP contribution in [-0.4, -0.2) is 19.1 Å². The topological polar surface area (TPSA) is 29.3 Å². The van der Waals surface area contributed by atoms with Gasteiger partial charge < -0.3 is 10.6 Å². The summed E-state index contributed by atoms with van der Waals surface area (Å²) in [4.78, 5) is 2.06. The first kappa shape index (κ1) is 10.9. The maximum Gasteiger partial charge on any atom is 0.147 e. The van der Waals surface area contributed by atoms with Crippen LogP contribution in [0.15, 0.2) is 22.7 Å². The fraction of sp³-hybridized carbons (Fsp3) is 0.455. The van der Waals surface area contributed by atoms with Gasteiger partial charge in [0.05, 0.1) is 5.69 Å². The van der Waals surface area contributed by atoms with E-state index in [0.29, 0.717) is 5.69 Å². The maximum absolute atomic E-state index is 13.6. The Morgan fingerprint density at radius 3 is 2.60 bits per heavy atom. The summed E-state index contributed by atoms with van der Waals surface area (Å²) >= 11 is 3.25. The zero-order valence-corrected chi connectivity index (χ0v) is 10.0. The van der Waals surface area contributed by atoms with E-state index in [0.717, 1.165) is 30.4 Å². The van der Waals surface area contributed by atoms with E-state index in [1.54, 1.807) is 0 Å². The van der Waals surface area contributed by atoms with Gasteiger partial charge in [-0.1, -0.05) is 15.9 Å². The molecule has 1 aliphatic rings. The van der Waals surface area contributed by atoms with Crippen LogP contribution >= 0.6 is 15.9 Å². The van der Waals surface area contributed by atoms with Crippen LogP contribution < -0.4 is 10.6 Å². The van der Waals surface area contributed by atoms with Crippen LogP contribution in [0.25, 0.3) is 0 Å². The number of nitrogens with two attached hydrogens (primary N) is 1. The lowest BCUT2D eigenvalue weighted by molar-refractivity contribution is 0.494. The number of hydrogen-bond donors (Lipinski definition) is 1. The van der Waals surface area contributed by atoms with Crippen molar-refractivity contribution in [1.82, 2.24) is 0 Å². The molecule has 0 radical (unpaired) electrons. The maximum atomic E-state index is 13.6. The van der Waals surface area contributed by atoms with Crippen LogP contribution in [0, 0.1) is 5.82 Å². The molecule has 0 atom stereocenters. The number of anilines is 1. The first-order valence-corrected chi connectivity index (χ1v) is 5.91. The summed E-state index contributed by atoms with van der Waals surface area (Å²) in [7, 11) is 0. The number of rotatable bonds is 1. The average Bonchev–Trinajstić information content (AvgIpc) is 2.20. The Labute approximate surface area is 97.4 Å². The third-order valence-corrected chi connectivity index (χ3v) is 3.28. The van der Waals surface area contributed by atoms with Crippen LogP contribution in [-0.2, 0) is 0 Å². The van der Waals surface area contributed by atoms with Crippen molar-refractivity contribution in [3.63, 3.8) is 0 Å². The molecular formula is C11H14BrFN2. The van der Waals surface area contributed by atoms with E-state index in [1.165, 1.54) is 6.07 Å². The lowest BCUT2D eigenvalue weighted by Crippen LogP contribution is -2.40. The summed E-state index contributed by atoms with van der Waals surface area (Å²) in [6, 6.07) is 5.47. The number of benzene rings is 1. The van der Waals surface area contributed by atoms with Crippen molar-refractivity contribution >= 4 is 21.6 Å². The van der Waals surface area contributed by atoms with Crippen LogP contribution in [0.1, 0.15) is 12.8 Å². The van der Waals surface area contributed by atoms with Crippen molar-refractivity contribution in [1.29, 1.82) is 0 Å². The molecule has 0 amide bonds. The van der Waals surface area contributed by atoms with Gasteiger partial charge in [-0.2, -0.15) is 0 Å². The summed E-state index contributed by atoms with van der Waals surface area (Å²) in [6.07, 6.45) is 1.88. The first-order valence-electron chi connectivity index (χ1n) is 5.12. The molecule has 0 aliphatic carbocycles. The monoisotopic (exact) mass is 272 g/mol. The normalized spacial score (nSPS) is 18.2. The zero-order valence-electron chi connectivity index (χ0n) is 8.42. The Hall–Kier alpha value is -0.610. The van der Waals surface area contributed by atoms with Crippen molar-refractivity contribution in [2.75, 3.05) is 18.0 Å². The Bertz CT molecular complexity index is 348. The van der Waals surface area contributed by atoms with Gasteiger partial charge in [0.2, 0.25) is 0 Å². The van der Waals surface area contributed by atoms with E-state index >= 15 is 0 Å². The third kappa shape index (κ3) is 2.49. The lowest BCUT2D eigenvalue weighted by Gasteiger charge is -2.32. The summed E-state index contributed by atoms with van der Waals surface area (Å²) in [5.74, 6) is -0.167. The van der Waals surface area contributed by atoms with Crippen LogP contribution in [0.4, 0.5) is 10.1 Å². The zero-order chi connectivity index (χ0) is 10.8. The van der Waals surface area contributed by atoms with Gasteiger partial charge in [-0.3, -0.25) is 0 Å². The van der Waals surface area contributed by atoms with E-state index in [1.807, 2.05) is 12.1 Å². The highest BCUT2D eigenvalue weighted by Crippen LogP contribution is 2.25. The summed E-state index contributed by atoms with van der Waals surface area (Å²) in [6.45, 7) is 1.69. The molecule has 1 heterocycles. The largest absolute Gasteiger partial charge is 0.369 e. The second-order valence-corrected chi connectivity index (χ2v) is 4.84. The molecule has 2 rings (SSSR count). The molecule has 0 spiro atoms. The van der Waals surface area contributed by atoms with Gasteiger partial charge in [-0.05, 0) is 31.0 Å². The molecule has 82 valence electrons. The van der Waals surface area contributed by atoms with E-state index in [2.05, 4.69) is 20.8 Å². The smallest absolute Gasteiger partial charge is 0.147 e. The third-order valence-electron chi connectivity index (χ3n) is 2.79. The second-order valence-electron chi connectivity index (χ2n) is 3.92. The molecule has 2 N–H and O–H groups in total. The number of piperidine rings is 1. The van der Waals surface area contributed by atoms with Gasteiger partial charge in [0.15, 0.2) is 0 Å². The molecule has 1 aliphatic heterocycles. The molecule has 0 saturated carbocycles. The fourth-order valence-corrected chi connectivity index (χ4v) is 2.21. The molecule has 0 aromatic heterocycles. The molecular weight excluding hydrogens is 259 g/mol. The molecule has 0 bridgehead atoms. The van der Waals surface area contributed by atoms with E-state index in [9.17, 15) is 4.39 Å². The minimum absolute atomic E-state index is 0.167. The van der Waals surface area contributed by atoms with Gasteiger partial charge in [0.25, 0.3) is 0 Å². The van der Waals surface area contributed by atoms with E-state index in [-0.39, 0.29) is 11.9 Å². The van der Waals surface area contributed by atoms with Gasteiger partial charge >= 0.3 is 0 Å². The van der Waals surface area contributed by atoms with E-state index < -0.39 is 0 Å². The Balaban J connectivity index is 2.15. The standard InChI is InChI=1S/C11H14BrFN2/c12-8-1-2-11(10(13)7-8)15-5-3-9(14)4-6-15/h1-2,7,9H,3-6,14H2. The minimum atomic E-state index is -0.167. The average molecular weight is 273 g/mol. The Kier molecular flexibility index (Phi) is 3.26. The van der Waals surface area contributed by atoms with Crippen molar-refractivity contribution in [2.45, 2.75) is 18.9 Å². The van der Waals surface area contributed by atoms with Gasteiger partial charge in [-0.25, -0.2) is 4.39 Å². The predicted molar refractivity (Wildman–Crippen MR) is 63.5 cm³/mol. The van der Waals surface area contributed by atoms with E-state index in [4.69, 9.17) is 5.73 Å². The molecule has 0 unspecified atom stereocenters. The number of halogens is 2. The van der Waals surface area contributed by atoms with Crippen molar-refractivity contribution < 1.29 is 4.39 Å². The second kappa shape index (κ2) is 4.49. The molecule has 15 heavy (non-hydrogen) atoms. The van der Waals surface area contributed by atoms with Crippen LogP contribution in [0.2, 0.25) is 0 Å². The molecule has 1 aromatic carbocycles. The predicted octanol–water partition coefficient (Wildman–Crippen LogP) is 2.52. The molecule has 2 nitrogen and oxygen atoms in total. The molecule has 1 aromatic rings. The SMILES string of the molecule is NC1CCN(c2ccc(Br)cc2F)CC1. The lowest BCUT2D eigenvalue weighted by atomic mass is 10.1. The fourth-order valence-electron chi connectivity index (χ4n) is 1.88. The van der Waals surface area contributed by atoms with Crippen molar-refractivity contribution in [3.8, 4) is 0 Å².